The maximum Gasteiger partial charge on any atom is 0.140 e. The van der Waals surface area contributed by atoms with E-state index in [4.69, 9.17) is 0 Å². The highest BCUT2D eigenvalue weighted by atomic mass is 32.1. The molecule has 2 aromatic heterocycles. The van der Waals surface area contributed by atoms with Crippen LogP contribution in [-0.4, -0.2) is 47.6 Å². The Morgan fingerprint density at radius 3 is 2.68 bits per heavy atom. The summed E-state index contributed by atoms with van der Waals surface area (Å²) in [7, 11) is 0. The zero-order valence-electron chi connectivity index (χ0n) is 13.1. The molecule has 0 spiro atoms. The lowest BCUT2D eigenvalue weighted by atomic mass is 9.89. The summed E-state index contributed by atoms with van der Waals surface area (Å²) in [6, 6.07) is 2.16. The van der Waals surface area contributed by atoms with Gasteiger partial charge in [0.25, 0.3) is 0 Å². The highest BCUT2D eigenvalue weighted by molar-refractivity contribution is 7.16. The quantitative estimate of drug-likeness (QED) is 0.869. The summed E-state index contributed by atoms with van der Waals surface area (Å²) in [5.74, 6) is 2.08. The van der Waals surface area contributed by atoms with Crippen molar-refractivity contribution in [2.24, 2.45) is 5.92 Å². The van der Waals surface area contributed by atoms with E-state index < -0.39 is 0 Å². The largest absolute Gasteiger partial charge is 0.353 e. The molecule has 22 heavy (non-hydrogen) atoms. The second-order valence-electron chi connectivity index (χ2n) is 6.63. The van der Waals surface area contributed by atoms with Gasteiger partial charge < -0.3 is 4.90 Å². The minimum absolute atomic E-state index is 0.947. The third-order valence-corrected chi connectivity index (χ3v) is 5.97. The zero-order chi connectivity index (χ0) is 14.8. The molecule has 118 valence electrons. The van der Waals surface area contributed by atoms with Gasteiger partial charge in [-0.15, -0.1) is 11.3 Å². The van der Waals surface area contributed by atoms with Gasteiger partial charge in [-0.05, 0) is 30.2 Å². The Morgan fingerprint density at radius 1 is 1.05 bits per heavy atom. The number of rotatable bonds is 3. The molecular weight excluding hydrogens is 292 g/mol. The number of aromatic nitrogens is 2. The summed E-state index contributed by atoms with van der Waals surface area (Å²) >= 11 is 1.70. The maximum atomic E-state index is 4.55. The Bertz CT molecular complexity index is 612. The average Bonchev–Trinajstić information content (AvgIpc) is 3.05. The van der Waals surface area contributed by atoms with Crippen molar-refractivity contribution in [2.45, 2.75) is 32.1 Å². The molecule has 0 N–H and O–H groups in total. The highest BCUT2D eigenvalue weighted by Gasteiger charge is 2.23. The topological polar surface area (TPSA) is 32.3 Å². The minimum Gasteiger partial charge on any atom is -0.353 e. The van der Waals surface area contributed by atoms with Crippen LogP contribution in [0.3, 0.4) is 0 Å². The van der Waals surface area contributed by atoms with Crippen molar-refractivity contribution < 1.29 is 0 Å². The molecule has 2 aromatic rings. The van der Waals surface area contributed by atoms with E-state index in [2.05, 4.69) is 31.2 Å². The molecule has 4 rings (SSSR count). The van der Waals surface area contributed by atoms with Gasteiger partial charge in [-0.1, -0.05) is 19.3 Å². The van der Waals surface area contributed by atoms with Gasteiger partial charge in [0, 0.05) is 32.7 Å². The summed E-state index contributed by atoms with van der Waals surface area (Å²) in [6.07, 6.45) is 8.95. The first-order valence-corrected chi connectivity index (χ1v) is 9.43. The van der Waals surface area contributed by atoms with E-state index >= 15 is 0 Å². The fraction of sp³-hybridized carbons (Fsp3) is 0.647. The van der Waals surface area contributed by atoms with Gasteiger partial charge in [-0.25, -0.2) is 9.97 Å². The molecular formula is C17H24N4S. The van der Waals surface area contributed by atoms with E-state index in [1.165, 1.54) is 57.1 Å². The van der Waals surface area contributed by atoms with Crippen molar-refractivity contribution in [3.05, 3.63) is 17.8 Å². The Balaban J connectivity index is 1.38. The predicted octanol–water partition coefficient (Wildman–Crippen LogP) is 3.39. The average molecular weight is 316 g/mol. The molecule has 1 saturated carbocycles. The summed E-state index contributed by atoms with van der Waals surface area (Å²) in [5, 5.41) is 3.33. The highest BCUT2D eigenvalue weighted by Crippen LogP contribution is 2.28. The van der Waals surface area contributed by atoms with Crippen LogP contribution in [0.2, 0.25) is 0 Å². The lowest BCUT2D eigenvalue weighted by Crippen LogP contribution is -2.48. The van der Waals surface area contributed by atoms with E-state index in [1.807, 2.05) is 0 Å². The first-order valence-electron chi connectivity index (χ1n) is 8.55. The fourth-order valence-corrected chi connectivity index (χ4v) is 4.63. The van der Waals surface area contributed by atoms with Gasteiger partial charge in [0.15, 0.2) is 0 Å². The van der Waals surface area contributed by atoms with Gasteiger partial charge in [0.05, 0.1) is 5.39 Å². The molecule has 2 fully saturated rings. The second kappa shape index (κ2) is 6.50. The number of thiophene rings is 1. The molecule has 0 atom stereocenters. The summed E-state index contributed by atoms with van der Waals surface area (Å²) in [5.41, 5.74) is 0. The number of fused-ring (bicyclic) bond motifs is 1. The number of hydrogen-bond donors (Lipinski definition) is 0. The van der Waals surface area contributed by atoms with Crippen LogP contribution in [0.25, 0.3) is 10.2 Å². The van der Waals surface area contributed by atoms with E-state index in [0.29, 0.717) is 0 Å². The van der Waals surface area contributed by atoms with E-state index in [1.54, 1.807) is 17.7 Å². The van der Waals surface area contributed by atoms with Crippen LogP contribution in [0.5, 0.6) is 0 Å². The first-order chi connectivity index (χ1) is 10.9. The molecule has 0 aromatic carbocycles. The van der Waals surface area contributed by atoms with Crippen molar-refractivity contribution in [1.29, 1.82) is 0 Å². The molecule has 1 aliphatic heterocycles. The van der Waals surface area contributed by atoms with Crippen LogP contribution in [0.1, 0.15) is 32.1 Å². The SMILES string of the molecule is c1nc(N2CCN(CC3CCCCC3)CC2)c2ccsc2n1. The lowest BCUT2D eigenvalue weighted by molar-refractivity contribution is 0.192. The molecule has 0 unspecified atom stereocenters. The molecule has 0 bridgehead atoms. The Kier molecular flexibility index (Phi) is 4.26. The fourth-order valence-electron chi connectivity index (χ4n) is 3.91. The van der Waals surface area contributed by atoms with Crippen LogP contribution >= 0.6 is 11.3 Å². The Labute approximate surface area is 136 Å². The molecule has 0 amide bonds. The van der Waals surface area contributed by atoms with Crippen molar-refractivity contribution in [2.75, 3.05) is 37.6 Å². The third-order valence-electron chi connectivity index (χ3n) is 5.15. The Hall–Kier alpha value is -1.20. The zero-order valence-corrected chi connectivity index (χ0v) is 13.9. The predicted molar refractivity (Wildman–Crippen MR) is 92.6 cm³/mol. The third kappa shape index (κ3) is 2.97. The minimum atomic E-state index is 0.947. The van der Waals surface area contributed by atoms with Gasteiger partial charge in [-0.3, -0.25) is 4.90 Å². The van der Waals surface area contributed by atoms with Gasteiger partial charge in [-0.2, -0.15) is 0 Å². The van der Waals surface area contributed by atoms with E-state index in [-0.39, 0.29) is 0 Å². The second-order valence-corrected chi connectivity index (χ2v) is 7.52. The smallest absolute Gasteiger partial charge is 0.140 e. The Morgan fingerprint density at radius 2 is 1.86 bits per heavy atom. The summed E-state index contributed by atoms with van der Waals surface area (Å²) in [6.45, 7) is 5.84. The first kappa shape index (κ1) is 14.4. The lowest BCUT2D eigenvalue weighted by Gasteiger charge is -2.37. The number of nitrogens with zero attached hydrogens (tertiary/aromatic N) is 4. The van der Waals surface area contributed by atoms with Crippen molar-refractivity contribution >= 4 is 27.4 Å². The molecule has 1 aliphatic carbocycles. The van der Waals surface area contributed by atoms with Gasteiger partial charge in [0.2, 0.25) is 0 Å². The molecule has 4 nitrogen and oxygen atoms in total. The molecule has 3 heterocycles. The number of hydrogen-bond acceptors (Lipinski definition) is 5. The van der Waals surface area contributed by atoms with E-state index in [9.17, 15) is 0 Å². The molecule has 0 radical (unpaired) electrons. The van der Waals surface area contributed by atoms with Crippen LogP contribution in [-0.2, 0) is 0 Å². The van der Waals surface area contributed by atoms with Crippen LogP contribution in [0.4, 0.5) is 5.82 Å². The van der Waals surface area contributed by atoms with Crippen LogP contribution < -0.4 is 4.90 Å². The maximum absolute atomic E-state index is 4.55. The number of anilines is 1. The monoisotopic (exact) mass is 316 g/mol. The van der Waals surface area contributed by atoms with E-state index in [0.717, 1.165) is 29.7 Å². The van der Waals surface area contributed by atoms with Crippen molar-refractivity contribution in [3.8, 4) is 0 Å². The van der Waals surface area contributed by atoms with Crippen molar-refractivity contribution in [1.82, 2.24) is 14.9 Å². The molecule has 2 aliphatic rings. The molecule has 1 saturated heterocycles. The summed E-state index contributed by atoms with van der Waals surface area (Å²) in [4.78, 5) is 15.1. The van der Waals surface area contributed by atoms with Gasteiger partial charge >= 0.3 is 0 Å². The normalized spacial score (nSPS) is 21.5. The van der Waals surface area contributed by atoms with Crippen LogP contribution in [0, 0.1) is 5.92 Å². The molecule has 5 heteroatoms. The van der Waals surface area contributed by atoms with Crippen molar-refractivity contribution in [3.63, 3.8) is 0 Å². The van der Waals surface area contributed by atoms with Crippen LogP contribution in [0.15, 0.2) is 17.8 Å². The van der Waals surface area contributed by atoms with Gasteiger partial charge in [0.1, 0.15) is 17.0 Å². The standard InChI is InChI=1S/C17H24N4S/c1-2-4-14(5-3-1)12-20-7-9-21(10-8-20)16-15-6-11-22-17(15)19-13-18-16/h6,11,13-14H,1-5,7-10,12H2. The number of piperazine rings is 1. The summed E-state index contributed by atoms with van der Waals surface area (Å²) < 4.78 is 0.